The smallest absolute Gasteiger partial charge is 0.410 e. The molecular formula is C34H41N5O7. The first-order chi connectivity index (χ1) is 22.0. The van der Waals surface area contributed by atoms with Crippen LogP contribution in [0.2, 0.25) is 0 Å². The van der Waals surface area contributed by atoms with E-state index < -0.39 is 11.5 Å². The molecule has 0 atom stereocenters. The molecule has 3 amide bonds. The molecule has 46 heavy (non-hydrogen) atoms. The predicted octanol–water partition coefficient (Wildman–Crippen LogP) is 5.29. The molecule has 1 aromatic heterocycles. The van der Waals surface area contributed by atoms with Gasteiger partial charge in [0.05, 0.1) is 18.9 Å². The van der Waals surface area contributed by atoms with E-state index in [1.165, 1.54) is 0 Å². The van der Waals surface area contributed by atoms with Crippen molar-refractivity contribution in [3.63, 3.8) is 0 Å². The molecule has 0 radical (unpaired) electrons. The number of aryl methyl sites for hydroxylation is 1. The van der Waals surface area contributed by atoms with Crippen molar-refractivity contribution in [1.29, 1.82) is 0 Å². The highest BCUT2D eigenvalue weighted by Gasteiger charge is 2.28. The van der Waals surface area contributed by atoms with Crippen molar-refractivity contribution in [3.05, 3.63) is 77.5 Å². The number of hydrogen-bond donors (Lipinski definition) is 2. The number of nitrogens with one attached hydrogen (secondary N) is 1. The van der Waals surface area contributed by atoms with E-state index in [4.69, 9.17) is 14.2 Å². The molecule has 244 valence electrons. The van der Waals surface area contributed by atoms with E-state index >= 15 is 0 Å². The van der Waals surface area contributed by atoms with Crippen LogP contribution in [0.15, 0.2) is 60.8 Å². The van der Waals surface area contributed by atoms with E-state index in [0.717, 1.165) is 0 Å². The lowest BCUT2D eigenvalue weighted by Crippen LogP contribution is -2.44. The van der Waals surface area contributed by atoms with Crippen molar-refractivity contribution in [2.24, 2.45) is 0 Å². The maximum atomic E-state index is 13.4. The number of carbonyl (C=O) groups is 3. The van der Waals surface area contributed by atoms with Crippen LogP contribution in [-0.4, -0.2) is 84.1 Å². The van der Waals surface area contributed by atoms with E-state index in [2.05, 4.69) is 15.2 Å². The molecule has 12 nitrogen and oxygen atoms in total. The standard InChI is InChI=1S/C34H41N5O7/c1-23-8-9-26(36-31(40)24-10-13-35-30(21-24)37-16-18-44-19-17-37)22-29(23)39(43)32(41)25-6-5-7-28(20-25)45-27-11-14-38(15-12-27)33(42)46-34(2,3)4/h5-10,13,20-22,27,43H,11-12,14-19H2,1-4H3,(H,36,40). The summed E-state index contributed by atoms with van der Waals surface area (Å²) < 4.78 is 17.0. The van der Waals surface area contributed by atoms with Crippen molar-refractivity contribution in [2.45, 2.75) is 52.2 Å². The van der Waals surface area contributed by atoms with Gasteiger partial charge in [-0.1, -0.05) is 12.1 Å². The number of pyridine rings is 1. The van der Waals surface area contributed by atoms with Crippen LogP contribution in [0.1, 0.15) is 59.9 Å². The number of nitrogens with zero attached hydrogens (tertiary/aromatic N) is 4. The lowest BCUT2D eigenvalue weighted by molar-refractivity contribution is 0.0126. The molecule has 2 N–H and O–H groups in total. The Morgan fingerprint density at radius 1 is 0.978 bits per heavy atom. The van der Waals surface area contributed by atoms with Crippen molar-refractivity contribution in [2.75, 3.05) is 54.7 Å². The molecule has 0 aliphatic carbocycles. The zero-order valence-corrected chi connectivity index (χ0v) is 26.7. The van der Waals surface area contributed by atoms with Gasteiger partial charge < -0.3 is 29.3 Å². The summed E-state index contributed by atoms with van der Waals surface area (Å²) in [7, 11) is 0. The highest BCUT2D eigenvalue weighted by molar-refractivity contribution is 6.07. The average Bonchev–Trinajstić information content (AvgIpc) is 3.05. The van der Waals surface area contributed by atoms with Crippen LogP contribution in [0.3, 0.4) is 0 Å². The Bertz CT molecular complexity index is 1560. The van der Waals surface area contributed by atoms with E-state index in [1.54, 1.807) is 72.6 Å². The molecule has 2 aliphatic heterocycles. The number of anilines is 3. The summed E-state index contributed by atoms with van der Waals surface area (Å²) in [5.41, 5.74) is 1.39. The van der Waals surface area contributed by atoms with Gasteiger partial charge in [-0.3, -0.25) is 14.8 Å². The number of amides is 3. The van der Waals surface area contributed by atoms with Gasteiger partial charge in [0.25, 0.3) is 11.8 Å². The van der Waals surface area contributed by atoms with Crippen LogP contribution in [-0.2, 0) is 9.47 Å². The largest absolute Gasteiger partial charge is 0.490 e. The molecule has 3 aromatic rings. The number of hydroxylamine groups is 1. The number of ether oxygens (including phenoxy) is 3. The molecule has 2 saturated heterocycles. The molecule has 2 fully saturated rings. The van der Waals surface area contributed by atoms with E-state index in [9.17, 15) is 19.6 Å². The summed E-state index contributed by atoms with van der Waals surface area (Å²) in [5, 5.41) is 14.4. The molecule has 0 unspecified atom stereocenters. The van der Waals surface area contributed by atoms with Gasteiger partial charge in [0, 0.05) is 62.0 Å². The minimum absolute atomic E-state index is 0.137. The molecule has 0 spiro atoms. The van der Waals surface area contributed by atoms with Gasteiger partial charge >= 0.3 is 6.09 Å². The van der Waals surface area contributed by atoms with Crippen LogP contribution in [0.25, 0.3) is 0 Å². The molecule has 0 saturated carbocycles. The average molecular weight is 632 g/mol. The maximum Gasteiger partial charge on any atom is 0.410 e. The molecule has 3 heterocycles. The van der Waals surface area contributed by atoms with Gasteiger partial charge in [-0.15, -0.1) is 0 Å². The monoisotopic (exact) mass is 631 g/mol. The SMILES string of the molecule is Cc1ccc(NC(=O)c2ccnc(N3CCOCC3)c2)cc1N(O)C(=O)c1cccc(OC2CCN(C(=O)OC(C)(C)C)CC2)c1. The highest BCUT2D eigenvalue weighted by atomic mass is 16.6. The summed E-state index contributed by atoms with van der Waals surface area (Å²) in [4.78, 5) is 47.0. The van der Waals surface area contributed by atoms with Crippen LogP contribution in [0.5, 0.6) is 5.75 Å². The number of morpholine rings is 1. The van der Waals surface area contributed by atoms with Gasteiger partial charge in [-0.2, -0.15) is 5.06 Å². The number of aromatic nitrogens is 1. The Labute approximate surface area is 268 Å². The van der Waals surface area contributed by atoms with Crippen LogP contribution < -0.4 is 20.0 Å². The number of likely N-dealkylation sites (tertiary alicyclic amines) is 1. The minimum Gasteiger partial charge on any atom is -0.490 e. The minimum atomic E-state index is -0.652. The Balaban J connectivity index is 1.21. The zero-order chi connectivity index (χ0) is 32.8. The fraction of sp³-hybridized carbons (Fsp3) is 0.412. The fourth-order valence-electron chi connectivity index (χ4n) is 5.25. The van der Waals surface area contributed by atoms with Gasteiger partial charge in [0.15, 0.2) is 0 Å². The molecule has 2 aliphatic rings. The maximum absolute atomic E-state index is 13.4. The van der Waals surface area contributed by atoms with Crippen LogP contribution >= 0.6 is 0 Å². The van der Waals surface area contributed by atoms with Crippen LogP contribution in [0, 0.1) is 6.92 Å². The number of hydrogen-bond acceptors (Lipinski definition) is 9. The summed E-state index contributed by atoms with van der Waals surface area (Å²) in [6.07, 6.45) is 2.36. The van der Waals surface area contributed by atoms with E-state index in [1.807, 2.05) is 20.8 Å². The zero-order valence-electron chi connectivity index (χ0n) is 26.7. The third-order valence-electron chi connectivity index (χ3n) is 7.71. The fourth-order valence-corrected chi connectivity index (χ4v) is 5.25. The molecular weight excluding hydrogens is 590 g/mol. The molecule has 2 aromatic carbocycles. The first-order valence-electron chi connectivity index (χ1n) is 15.5. The van der Waals surface area contributed by atoms with Gasteiger partial charge in [-0.25, -0.2) is 9.78 Å². The van der Waals surface area contributed by atoms with Crippen molar-refractivity contribution < 1.29 is 33.8 Å². The van der Waals surface area contributed by atoms with E-state index in [0.29, 0.717) is 85.7 Å². The summed E-state index contributed by atoms with van der Waals surface area (Å²) >= 11 is 0. The lowest BCUT2D eigenvalue weighted by Gasteiger charge is -2.33. The summed E-state index contributed by atoms with van der Waals surface area (Å²) in [5.74, 6) is 0.192. The van der Waals surface area contributed by atoms with Crippen molar-refractivity contribution in [1.82, 2.24) is 9.88 Å². The number of carbonyl (C=O) groups excluding carboxylic acids is 3. The van der Waals surface area contributed by atoms with Gasteiger partial charge in [0.2, 0.25) is 0 Å². The lowest BCUT2D eigenvalue weighted by atomic mass is 10.1. The van der Waals surface area contributed by atoms with Crippen molar-refractivity contribution >= 4 is 35.1 Å². The summed E-state index contributed by atoms with van der Waals surface area (Å²) in [6.45, 7) is 10.9. The number of rotatable bonds is 7. The molecule has 5 rings (SSSR count). The Morgan fingerprint density at radius 3 is 2.43 bits per heavy atom. The highest BCUT2D eigenvalue weighted by Crippen LogP contribution is 2.27. The first kappa shape index (κ1) is 32.7. The second-order valence-electron chi connectivity index (χ2n) is 12.4. The van der Waals surface area contributed by atoms with Gasteiger partial charge in [0.1, 0.15) is 23.3 Å². The molecule has 0 bridgehead atoms. The van der Waals surface area contributed by atoms with Crippen LogP contribution in [0.4, 0.5) is 22.0 Å². The Morgan fingerprint density at radius 2 is 1.72 bits per heavy atom. The second kappa shape index (κ2) is 14.2. The quantitative estimate of drug-likeness (QED) is 0.263. The topological polar surface area (TPSA) is 134 Å². The third kappa shape index (κ3) is 8.32. The predicted molar refractivity (Wildman–Crippen MR) is 173 cm³/mol. The number of benzene rings is 2. The Hall–Kier alpha value is -4.68. The Kier molecular flexibility index (Phi) is 10.1. The molecule has 12 heteroatoms. The number of piperidine rings is 1. The first-order valence-corrected chi connectivity index (χ1v) is 15.5. The van der Waals surface area contributed by atoms with E-state index in [-0.39, 0.29) is 29.4 Å². The normalized spacial score (nSPS) is 15.7. The van der Waals surface area contributed by atoms with Gasteiger partial charge in [-0.05, 0) is 75.7 Å². The second-order valence-corrected chi connectivity index (χ2v) is 12.4. The van der Waals surface area contributed by atoms with Crippen molar-refractivity contribution in [3.8, 4) is 5.75 Å². The summed E-state index contributed by atoms with van der Waals surface area (Å²) in [6, 6.07) is 15.0. The third-order valence-corrected chi connectivity index (χ3v) is 7.71.